The Labute approximate surface area is 140 Å². The van der Waals surface area contributed by atoms with Gasteiger partial charge >= 0.3 is 0 Å². The van der Waals surface area contributed by atoms with Gasteiger partial charge in [-0.05, 0) is 36.6 Å². The van der Waals surface area contributed by atoms with Crippen LogP contribution in [0, 0.1) is 11.8 Å². The fourth-order valence-electron chi connectivity index (χ4n) is 2.52. The van der Waals surface area contributed by atoms with E-state index in [4.69, 9.17) is 4.99 Å². The van der Waals surface area contributed by atoms with Gasteiger partial charge < -0.3 is 0 Å². The Kier molecular flexibility index (Phi) is 4.25. The van der Waals surface area contributed by atoms with Crippen molar-refractivity contribution in [1.82, 2.24) is 0 Å². The standard InChI is InChI=1S/C16H15Br2NS/c1-9(2)5-10-6-12(18)8-15-16(10)19-13-4-3-11(17)7-14(13)20-15/h3-4,6-10H,5H2,1-2H3. The molecule has 20 heavy (non-hydrogen) atoms. The third-order valence-corrected chi connectivity index (χ3v) is 5.42. The topological polar surface area (TPSA) is 12.4 Å². The lowest BCUT2D eigenvalue weighted by Crippen LogP contribution is -2.20. The molecule has 1 heterocycles. The Bertz CT molecular complexity index is 644. The quantitative estimate of drug-likeness (QED) is 0.542. The number of hydrogen-bond donors (Lipinski definition) is 0. The highest BCUT2D eigenvalue weighted by molar-refractivity contribution is 9.12. The van der Waals surface area contributed by atoms with Crippen LogP contribution in [0.5, 0.6) is 0 Å². The molecule has 0 spiro atoms. The van der Waals surface area contributed by atoms with Crippen molar-refractivity contribution >= 4 is 55.0 Å². The zero-order valence-electron chi connectivity index (χ0n) is 11.4. The van der Waals surface area contributed by atoms with Gasteiger partial charge in [-0.15, -0.1) is 0 Å². The van der Waals surface area contributed by atoms with E-state index in [1.165, 1.54) is 20.0 Å². The van der Waals surface area contributed by atoms with Crippen LogP contribution < -0.4 is 0 Å². The number of rotatable bonds is 2. The summed E-state index contributed by atoms with van der Waals surface area (Å²) in [5.41, 5.74) is 2.31. The number of hydrogen-bond acceptors (Lipinski definition) is 2. The molecule has 0 aromatic heterocycles. The van der Waals surface area contributed by atoms with Crippen molar-refractivity contribution in [2.75, 3.05) is 0 Å². The second-order valence-electron chi connectivity index (χ2n) is 5.51. The van der Waals surface area contributed by atoms with Crippen molar-refractivity contribution in [2.45, 2.75) is 25.2 Å². The minimum Gasteiger partial charge on any atom is -0.250 e. The molecular weight excluding hydrogens is 398 g/mol. The second-order valence-corrected chi connectivity index (χ2v) is 8.42. The summed E-state index contributed by atoms with van der Waals surface area (Å²) in [6, 6.07) is 6.30. The van der Waals surface area contributed by atoms with Crippen molar-refractivity contribution < 1.29 is 0 Å². The van der Waals surface area contributed by atoms with E-state index in [2.05, 4.69) is 76.1 Å². The molecule has 1 aromatic rings. The van der Waals surface area contributed by atoms with Crippen LogP contribution in [0.3, 0.4) is 0 Å². The number of aliphatic imine (C=N–C) groups is 1. The van der Waals surface area contributed by atoms with Crippen molar-refractivity contribution in [3.63, 3.8) is 0 Å². The number of halogens is 2. The van der Waals surface area contributed by atoms with E-state index in [1.54, 1.807) is 0 Å². The highest BCUT2D eigenvalue weighted by Gasteiger charge is 2.27. The van der Waals surface area contributed by atoms with Gasteiger partial charge in [0.1, 0.15) is 0 Å². The van der Waals surface area contributed by atoms with E-state index in [-0.39, 0.29) is 0 Å². The molecule has 1 aromatic carbocycles. The van der Waals surface area contributed by atoms with Crippen molar-refractivity contribution in [1.29, 1.82) is 0 Å². The van der Waals surface area contributed by atoms with Gasteiger partial charge in [0.25, 0.3) is 0 Å². The lowest BCUT2D eigenvalue weighted by atomic mass is 9.89. The predicted octanol–water partition coefficient (Wildman–Crippen LogP) is 6.47. The molecule has 3 rings (SSSR count). The van der Waals surface area contributed by atoms with Gasteiger partial charge in [-0.1, -0.05) is 63.5 Å². The predicted molar refractivity (Wildman–Crippen MR) is 95.1 cm³/mol. The molecule has 0 radical (unpaired) electrons. The first kappa shape index (κ1) is 14.6. The fraction of sp³-hybridized carbons (Fsp3) is 0.312. The third-order valence-electron chi connectivity index (χ3n) is 3.34. The average Bonchev–Trinajstić information content (AvgIpc) is 2.35. The molecule has 0 saturated carbocycles. The molecule has 1 aliphatic carbocycles. The van der Waals surface area contributed by atoms with Gasteiger partial charge in [0, 0.05) is 24.7 Å². The number of thioether (sulfide) groups is 1. The minimum atomic E-state index is 0.411. The van der Waals surface area contributed by atoms with Gasteiger partial charge in [0.2, 0.25) is 0 Å². The van der Waals surface area contributed by atoms with E-state index in [9.17, 15) is 0 Å². The van der Waals surface area contributed by atoms with Gasteiger partial charge in [-0.2, -0.15) is 0 Å². The molecule has 0 fully saturated rings. The molecule has 4 heteroatoms. The molecule has 2 aliphatic rings. The summed E-state index contributed by atoms with van der Waals surface area (Å²) in [6.45, 7) is 4.53. The zero-order chi connectivity index (χ0) is 14.3. The smallest absolute Gasteiger partial charge is 0.0773 e. The van der Waals surface area contributed by atoms with Crippen LogP contribution in [0.25, 0.3) is 0 Å². The second kappa shape index (κ2) is 5.82. The molecule has 1 atom stereocenters. The van der Waals surface area contributed by atoms with Crippen molar-refractivity contribution in [3.8, 4) is 0 Å². The molecule has 0 bridgehead atoms. The molecule has 0 amide bonds. The Morgan fingerprint density at radius 2 is 2.10 bits per heavy atom. The highest BCUT2D eigenvalue weighted by Crippen LogP contribution is 2.46. The summed E-state index contributed by atoms with van der Waals surface area (Å²) < 4.78 is 2.27. The molecule has 1 unspecified atom stereocenters. The first-order chi connectivity index (χ1) is 9.52. The van der Waals surface area contributed by atoms with Crippen molar-refractivity contribution in [2.24, 2.45) is 16.8 Å². The Morgan fingerprint density at radius 3 is 2.85 bits per heavy atom. The lowest BCUT2D eigenvalue weighted by molar-refractivity contribution is 0.548. The summed E-state index contributed by atoms with van der Waals surface area (Å²) in [5, 5.41) is 0. The monoisotopic (exact) mass is 411 g/mol. The van der Waals surface area contributed by atoms with Gasteiger partial charge in [0.15, 0.2) is 0 Å². The summed E-state index contributed by atoms with van der Waals surface area (Å²) in [5.74, 6) is 1.07. The Morgan fingerprint density at radius 1 is 1.30 bits per heavy atom. The van der Waals surface area contributed by atoms with E-state index >= 15 is 0 Å². The maximum atomic E-state index is 4.92. The van der Waals surface area contributed by atoms with E-state index < -0.39 is 0 Å². The summed E-state index contributed by atoms with van der Waals surface area (Å²) in [4.78, 5) is 7.41. The first-order valence-electron chi connectivity index (χ1n) is 6.68. The molecule has 1 nitrogen and oxygen atoms in total. The normalized spacial score (nSPS) is 20.9. The third kappa shape index (κ3) is 2.97. The maximum absolute atomic E-state index is 4.92. The minimum absolute atomic E-state index is 0.411. The SMILES string of the molecule is CC(C)CC1C=C(Br)C=C2Sc3cc(Br)ccc3N=C21. The summed E-state index contributed by atoms with van der Waals surface area (Å²) >= 11 is 8.99. The Balaban J connectivity index is 2.04. The maximum Gasteiger partial charge on any atom is 0.0773 e. The summed E-state index contributed by atoms with van der Waals surface area (Å²) in [7, 11) is 0. The van der Waals surface area contributed by atoms with Crippen LogP contribution in [0.4, 0.5) is 5.69 Å². The zero-order valence-corrected chi connectivity index (χ0v) is 15.3. The van der Waals surface area contributed by atoms with Crippen molar-refractivity contribution in [3.05, 3.63) is 44.2 Å². The molecule has 1 aliphatic heterocycles. The van der Waals surface area contributed by atoms with Crippen LogP contribution in [-0.2, 0) is 0 Å². The van der Waals surface area contributed by atoms with Gasteiger partial charge in [-0.3, -0.25) is 4.99 Å². The van der Waals surface area contributed by atoms with Crippen LogP contribution in [0.2, 0.25) is 0 Å². The van der Waals surface area contributed by atoms with E-state index in [0.29, 0.717) is 11.8 Å². The summed E-state index contributed by atoms with van der Waals surface area (Å²) in [6.07, 6.45) is 5.61. The van der Waals surface area contributed by atoms with Crippen LogP contribution in [0.15, 0.2) is 54.1 Å². The van der Waals surface area contributed by atoms with E-state index in [0.717, 1.165) is 16.6 Å². The van der Waals surface area contributed by atoms with E-state index in [1.807, 2.05) is 11.8 Å². The molecule has 0 saturated heterocycles. The van der Waals surface area contributed by atoms with Crippen LogP contribution in [-0.4, -0.2) is 5.71 Å². The van der Waals surface area contributed by atoms with Gasteiger partial charge in [-0.25, -0.2) is 0 Å². The molecule has 0 N–H and O–H groups in total. The fourth-order valence-corrected chi connectivity index (χ4v) is 4.86. The lowest BCUT2D eigenvalue weighted by Gasteiger charge is -2.27. The number of nitrogens with zero attached hydrogens (tertiary/aromatic N) is 1. The first-order valence-corrected chi connectivity index (χ1v) is 9.08. The number of allylic oxidation sites excluding steroid dienone is 4. The molecular formula is C16H15Br2NS. The average molecular weight is 413 g/mol. The Hall–Kier alpha value is -0.320. The van der Waals surface area contributed by atoms with Gasteiger partial charge in [0.05, 0.1) is 11.4 Å². The molecule has 104 valence electrons. The number of benzene rings is 1. The largest absolute Gasteiger partial charge is 0.250 e. The van der Waals surface area contributed by atoms with Crippen LogP contribution >= 0.6 is 43.6 Å². The highest BCUT2D eigenvalue weighted by atomic mass is 79.9. The number of fused-ring (bicyclic) bond motifs is 2. The van der Waals surface area contributed by atoms with Crippen LogP contribution in [0.1, 0.15) is 20.3 Å².